The van der Waals surface area contributed by atoms with Gasteiger partial charge in [0, 0.05) is 0 Å². The Morgan fingerprint density at radius 3 is 2.40 bits per heavy atom. The van der Waals surface area contributed by atoms with E-state index in [9.17, 15) is 13.2 Å². The number of benzene rings is 2. The number of aryl methyl sites for hydroxylation is 1. The zero-order chi connectivity index (χ0) is 17.9. The van der Waals surface area contributed by atoms with E-state index in [0.29, 0.717) is 12.1 Å². The van der Waals surface area contributed by atoms with Crippen molar-refractivity contribution in [1.29, 1.82) is 0 Å². The van der Waals surface area contributed by atoms with Crippen molar-refractivity contribution in [3.05, 3.63) is 60.2 Å². The van der Waals surface area contributed by atoms with Crippen molar-refractivity contribution in [3.8, 4) is 5.75 Å². The summed E-state index contributed by atoms with van der Waals surface area (Å²) in [6.45, 7) is 0. The van der Waals surface area contributed by atoms with Crippen LogP contribution in [0.1, 0.15) is 12.0 Å². The average Bonchev–Trinajstić information content (AvgIpc) is 2.83. The van der Waals surface area contributed by atoms with Crippen LogP contribution in [0.15, 0.2) is 59.6 Å². The molecule has 25 heavy (non-hydrogen) atoms. The third-order valence-electron chi connectivity index (χ3n) is 4.01. The monoisotopic (exact) mass is 358 g/mol. The lowest BCUT2D eigenvalue weighted by atomic mass is 10.1. The van der Waals surface area contributed by atoms with Gasteiger partial charge in [-0.3, -0.25) is 10.1 Å². The normalized spacial score (nSPS) is 20.4. The second-order valence-corrected chi connectivity index (χ2v) is 7.71. The summed E-state index contributed by atoms with van der Waals surface area (Å²) in [6, 6.07) is 16.0. The molecule has 1 atom stereocenters. The van der Waals surface area contributed by atoms with Gasteiger partial charge in [-0.25, -0.2) is 13.4 Å². The smallest absolute Gasteiger partial charge is 0.244 e. The Kier molecular flexibility index (Phi) is 4.85. The molecular formula is C18H18N2O4S. The number of amides is 1. The van der Waals surface area contributed by atoms with E-state index in [1.807, 2.05) is 18.2 Å². The second-order valence-electron chi connectivity index (χ2n) is 5.66. The highest BCUT2D eigenvalue weighted by molar-refractivity contribution is 8.08. The van der Waals surface area contributed by atoms with E-state index in [1.165, 1.54) is 0 Å². The summed E-state index contributed by atoms with van der Waals surface area (Å²) in [7, 11) is -2.21. The number of nitrogens with zero attached hydrogens (tertiary/aromatic N) is 1. The summed E-state index contributed by atoms with van der Waals surface area (Å²) in [5, 5.41) is 1.01. The Morgan fingerprint density at radius 1 is 1.08 bits per heavy atom. The molecule has 1 amide bonds. The highest BCUT2D eigenvalue weighted by Gasteiger charge is 2.44. The number of aliphatic imine (C=N–C) groups is 1. The van der Waals surface area contributed by atoms with Gasteiger partial charge in [-0.1, -0.05) is 30.3 Å². The minimum atomic E-state index is -3.79. The molecule has 7 heteroatoms. The SMILES string of the molecule is COc1ccc(CCC2C(=O)NC(=Nc3ccccc3)S2(=O)=O)cc1. The van der Waals surface area contributed by atoms with E-state index < -0.39 is 21.0 Å². The van der Waals surface area contributed by atoms with Crippen molar-refractivity contribution in [1.82, 2.24) is 5.32 Å². The molecule has 1 aliphatic rings. The lowest BCUT2D eigenvalue weighted by molar-refractivity contribution is -0.118. The number of nitrogens with one attached hydrogen (secondary N) is 1. The summed E-state index contributed by atoms with van der Waals surface area (Å²) in [5.74, 6) is 0.204. The molecule has 1 aliphatic heterocycles. The first-order valence-electron chi connectivity index (χ1n) is 7.82. The van der Waals surface area contributed by atoms with Crippen LogP contribution in [0, 0.1) is 0 Å². The first-order valence-corrected chi connectivity index (χ1v) is 9.37. The third-order valence-corrected chi connectivity index (χ3v) is 5.94. The molecule has 1 fully saturated rings. The molecule has 0 bridgehead atoms. The number of carbonyl (C=O) groups excluding carboxylic acids is 1. The van der Waals surface area contributed by atoms with E-state index in [4.69, 9.17) is 4.74 Å². The molecule has 1 heterocycles. The van der Waals surface area contributed by atoms with Crippen LogP contribution >= 0.6 is 0 Å². The third kappa shape index (κ3) is 3.71. The molecule has 1 saturated heterocycles. The van der Waals surface area contributed by atoms with Crippen molar-refractivity contribution in [2.45, 2.75) is 18.1 Å². The Labute approximate surface area is 146 Å². The maximum absolute atomic E-state index is 12.6. The van der Waals surface area contributed by atoms with Gasteiger partial charge in [0.05, 0.1) is 12.8 Å². The fraction of sp³-hybridized carbons (Fsp3) is 0.222. The first kappa shape index (κ1) is 17.2. The van der Waals surface area contributed by atoms with E-state index in [-0.39, 0.29) is 11.6 Å². The van der Waals surface area contributed by atoms with E-state index in [2.05, 4.69) is 10.3 Å². The van der Waals surface area contributed by atoms with Crippen molar-refractivity contribution in [3.63, 3.8) is 0 Å². The summed E-state index contributed by atoms with van der Waals surface area (Å²) in [5.41, 5.74) is 1.43. The van der Waals surface area contributed by atoms with Gasteiger partial charge in [0.15, 0.2) is 0 Å². The summed E-state index contributed by atoms with van der Waals surface area (Å²) in [6.07, 6.45) is 0.675. The van der Waals surface area contributed by atoms with Gasteiger partial charge in [-0.2, -0.15) is 0 Å². The van der Waals surface area contributed by atoms with Crippen LogP contribution < -0.4 is 10.1 Å². The van der Waals surface area contributed by atoms with Crippen molar-refractivity contribution in [2.75, 3.05) is 7.11 Å². The van der Waals surface area contributed by atoms with Crippen LogP contribution in [-0.4, -0.2) is 31.9 Å². The molecule has 0 spiro atoms. The largest absolute Gasteiger partial charge is 0.497 e. The van der Waals surface area contributed by atoms with Crippen molar-refractivity contribution in [2.24, 2.45) is 4.99 Å². The number of rotatable bonds is 5. The van der Waals surface area contributed by atoms with Crippen LogP contribution in [0.2, 0.25) is 0 Å². The Bertz CT molecular complexity index is 890. The molecule has 6 nitrogen and oxygen atoms in total. The molecular weight excluding hydrogens is 340 g/mol. The summed E-state index contributed by atoms with van der Waals surface area (Å²) >= 11 is 0. The van der Waals surface area contributed by atoms with Crippen LogP contribution in [0.3, 0.4) is 0 Å². The fourth-order valence-electron chi connectivity index (χ4n) is 2.62. The average molecular weight is 358 g/mol. The van der Waals surface area contributed by atoms with Gasteiger partial charge in [0.25, 0.3) is 0 Å². The number of methoxy groups -OCH3 is 1. The molecule has 130 valence electrons. The molecule has 3 rings (SSSR count). The number of hydrogen-bond acceptors (Lipinski definition) is 5. The maximum Gasteiger partial charge on any atom is 0.244 e. The number of amidine groups is 1. The minimum Gasteiger partial charge on any atom is -0.497 e. The van der Waals surface area contributed by atoms with Gasteiger partial charge < -0.3 is 4.74 Å². The van der Waals surface area contributed by atoms with Crippen LogP contribution in [0.4, 0.5) is 5.69 Å². The van der Waals surface area contributed by atoms with Gasteiger partial charge >= 0.3 is 0 Å². The summed E-state index contributed by atoms with van der Waals surface area (Å²) < 4.78 is 30.3. The minimum absolute atomic E-state index is 0.203. The molecule has 1 N–H and O–H groups in total. The quantitative estimate of drug-likeness (QED) is 0.888. The van der Waals surface area contributed by atoms with Gasteiger partial charge in [0.2, 0.25) is 20.9 Å². The highest BCUT2D eigenvalue weighted by Crippen LogP contribution is 2.22. The predicted octanol–water partition coefficient (Wildman–Crippen LogP) is 2.23. The van der Waals surface area contributed by atoms with Crippen molar-refractivity contribution < 1.29 is 17.9 Å². The van der Waals surface area contributed by atoms with Gasteiger partial charge in [0.1, 0.15) is 11.0 Å². The Balaban J connectivity index is 1.75. The van der Waals surface area contributed by atoms with E-state index >= 15 is 0 Å². The molecule has 2 aromatic rings. The second kappa shape index (κ2) is 7.06. The van der Waals surface area contributed by atoms with Gasteiger partial charge in [-0.15, -0.1) is 0 Å². The van der Waals surface area contributed by atoms with E-state index in [0.717, 1.165) is 11.3 Å². The summed E-state index contributed by atoms with van der Waals surface area (Å²) in [4.78, 5) is 16.2. The fourth-order valence-corrected chi connectivity index (χ4v) is 4.13. The highest BCUT2D eigenvalue weighted by atomic mass is 32.2. The molecule has 0 saturated carbocycles. The number of para-hydroxylation sites is 1. The molecule has 2 aromatic carbocycles. The van der Waals surface area contributed by atoms with Crippen molar-refractivity contribution >= 4 is 26.6 Å². The predicted molar refractivity (Wildman–Crippen MR) is 95.7 cm³/mol. The number of hydrogen-bond donors (Lipinski definition) is 1. The molecule has 0 radical (unpaired) electrons. The Morgan fingerprint density at radius 2 is 1.76 bits per heavy atom. The van der Waals surface area contributed by atoms with Crippen LogP contribution in [0.25, 0.3) is 0 Å². The first-order chi connectivity index (χ1) is 12.0. The number of ether oxygens (including phenoxy) is 1. The lowest BCUT2D eigenvalue weighted by Crippen LogP contribution is -2.26. The number of sulfone groups is 1. The number of carbonyl (C=O) groups is 1. The molecule has 0 aliphatic carbocycles. The van der Waals surface area contributed by atoms with Crippen LogP contribution in [-0.2, 0) is 21.1 Å². The van der Waals surface area contributed by atoms with Crippen LogP contribution in [0.5, 0.6) is 5.75 Å². The standard InChI is InChI=1S/C18H18N2O4S/c1-24-15-10-7-13(8-11-15)9-12-16-17(21)20-18(25(16,22)23)19-14-5-3-2-4-6-14/h2-8,10-11,16H,9,12H2,1H3,(H,19,20,21). The molecule has 0 aromatic heterocycles. The molecule has 1 unspecified atom stereocenters. The maximum atomic E-state index is 12.6. The topological polar surface area (TPSA) is 84.8 Å². The zero-order valence-electron chi connectivity index (χ0n) is 13.7. The zero-order valence-corrected chi connectivity index (χ0v) is 14.5. The van der Waals surface area contributed by atoms with Gasteiger partial charge in [-0.05, 0) is 42.7 Å². The Hall–Kier alpha value is -2.67. The lowest BCUT2D eigenvalue weighted by Gasteiger charge is -2.07. The van der Waals surface area contributed by atoms with E-state index in [1.54, 1.807) is 43.5 Å².